The molecule has 0 aromatic carbocycles. The molecule has 3 rings (SSSR count). The minimum absolute atomic E-state index is 0.766. The topological polar surface area (TPSA) is 28.2 Å². The molecule has 1 aromatic heterocycles. The third kappa shape index (κ3) is 2.91. The molecule has 1 N–H and O–H groups in total. The van der Waals surface area contributed by atoms with E-state index >= 15 is 0 Å². The fraction of sp³-hybridized carbons (Fsp3) is 0.533. The van der Waals surface area contributed by atoms with E-state index in [2.05, 4.69) is 40.3 Å². The summed E-state index contributed by atoms with van der Waals surface area (Å²) in [5, 5.41) is 3.55. The maximum atomic E-state index is 4.50. The highest BCUT2D eigenvalue weighted by atomic mass is 15.2. The van der Waals surface area contributed by atoms with Crippen molar-refractivity contribution >= 4 is 5.82 Å². The molecule has 1 aliphatic carbocycles. The Morgan fingerprint density at radius 1 is 1.44 bits per heavy atom. The van der Waals surface area contributed by atoms with Crippen molar-refractivity contribution in [1.29, 1.82) is 0 Å². The zero-order valence-electron chi connectivity index (χ0n) is 11.0. The maximum absolute atomic E-state index is 4.50. The summed E-state index contributed by atoms with van der Waals surface area (Å²) in [6.07, 6.45) is 8.08. The van der Waals surface area contributed by atoms with Crippen LogP contribution in [0.15, 0.2) is 30.0 Å². The molecule has 3 nitrogen and oxygen atoms in total. The van der Waals surface area contributed by atoms with Crippen LogP contribution < -0.4 is 10.2 Å². The van der Waals surface area contributed by atoms with Gasteiger partial charge in [0.2, 0.25) is 0 Å². The van der Waals surface area contributed by atoms with Crippen LogP contribution in [0.2, 0.25) is 0 Å². The molecule has 0 saturated heterocycles. The Kier molecular flexibility index (Phi) is 3.33. The van der Waals surface area contributed by atoms with Gasteiger partial charge in [-0.3, -0.25) is 0 Å². The number of anilines is 1. The minimum Gasteiger partial charge on any atom is -0.353 e. The van der Waals surface area contributed by atoms with E-state index in [1.54, 1.807) is 0 Å². The van der Waals surface area contributed by atoms with Gasteiger partial charge in [-0.25, -0.2) is 4.98 Å². The smallest absolute Gasteiger partial charge is 0.129 e. The lowest BCUT2D eigenvalue weighted by Crippen LogP contribution is -2.29. The summed E-state index contributed by atoms with van der Waals surface area (Å²) in [6, 6.07) is 5.11. The number of hydrogen-bond acceptors (Lipinski definition) is 3. The molecule has 96 valence electrons. The monoisotopic (exact) mass is 243 g/mol. The summed E-state index contributed by atoms with van der Waals surface area (Å²) in [6.45, 7) is 5.27. The second-order valence-electron chi connectivity index (χ2n) is 5.42. The van der Waals surface area contributed by atoms with Crippen molar-refractivity contribution in [2.45, 2.75) is 38.8 Å². The highest BCUT2D eigenvalue weighted by molar-refractivity contribution is 5.43. The number of pyridine rings is 1. The molecule has 2 aliphatic rings. The van der Waals surface area contributed by atoms with Gasteiger partial charge in [0.1, 0.15) is 5.82 Å². The first-order chi connectivity index (χ1) is 8.81. The van der Waals surface area contributed by atoms with E-state index in [9.17, 15) is 0 Å². The van der Waals surface area contributed by atoms with Gasteiger partial charge in [0.05, 0.1) is 0 Å². The molecular formula is C15H21N3. The Balaban J connectivity index is 1.65. The first kappa shape index (κ1) is 11.7. The second-order valence-corrected chi connectivity index (χ2v) is 5.42. The molecule has 0 bridgehead atoms. The molecule has 0 amide bonds. The van der Waals surface area contributed by atoms with Crippen molar-refractivity contribution in [2.24, 2.45) is 0 Å². The Morgan fingerprint density at radius 3 is 3.06 bits per heavy atom. The standard InChI is InChI=1S/C15H21N3/c1-12-5-8-18(9-6-12)15-10-13(4-7-16-15)11-17-14-2-3-14/h4-5,7,10,14,17H,2-3,6,8-9,11H2,1H3. The molecule has 2 heterocycles. The predicted octanol–water partition coefficient (Wildman–Crippen LogP) is 2.49. The molecule has 1 aromatic rings. The van der Waals surface area contributed by atoms with Crippen molar-refractivity contribution in [3.05, 3.63) is 35.5 Å². The van der Waals surface area contributed by atoms with Crippen LogP contribution in [0.1, 0.15) is 31.7 Å². The van der Waals surface area contributed by atoms with Crippen LogP contribution in [0.25, 0.3) is 0 Å². The van der Waals surface area contributed by atoms with Gasteiger partial charge in [0.15, 0.2) is 0 Å². The Hall–Kier alpha value is -1.35. The molecule has 0 atom stereocenters. The van der Waals surface area contributed by atoms with Gasteiger partial charge in [0, 0.05) is 31.9 Å². The van der Waals surface area contributed by atoms with Crippen molar-refractivity contribution < 1.29 is 0 Å². The number of rotatable bonds is 4. The molecule has 18 heavy (non-hydrogen) atoms. The molecule has 0 radical (unpaired) electrons. The van der Waals surface area contributed by atoms with Crippen LogP contribution in [0, 0.1) is 0 Å². The third-order valence-electron chi connectivity index (χ3n) is 3.74. The van der Waals surface area contributed by atoms with Gasteiger partial charge in [-0.15, -0.1) is 0 Å². The fourth-order valence-corrected chi connectivity index (χ4v) is 2.27. The quantitative estimate of drug-likeness (QED) is 0.824. The second kappa shape index (κ2) is 5.11. The van der Waals surface area contributed by atoms with Crippen LogP contribution in [-0.2, 0) is 6.54 Å². The zero-order valence-corrected chi connectivity index (χ0v) is 11.0. The first-order valence-electron chi connectivity index (χ1n) is 6.90. The van der Waals surface area contributed by atoms with Crippen LogP contribution in [0.5, 0.6) is 0 Å². The van der Waals surface area contributed by atoms with Gasteiger partial charge in [-0.05, 0) is 43.9 Å². The van der Waals surface area contributed by atoms with Crippen molar-refractivity contribution in [1.82, 2.24) is 10.3 Å². The number of nitrogens with one attached hydrogen (secondary N) is 1. The fourth-order valence-electron chi connectivity index (χ4n) is 2.27. The number of aromatic nitrogens is 1. The van der Waals surface area contributed by atoms with E-state index in [0.29, 0.717) is 0 Å². The van der Waals surface area contributed by atoms with Crippen LogP contribution >= 0.6 is 0 Å². The van der Waals surface area contributed by atoms with Crippen molar-refractivity contribution in [2.75, 3.05) is 18.0 Å². The van der Waals surface area contributed by atoms with E-state index in [4.69, 9.17) is 0 Å². The summed E-state index contributed by atoms with van der Waals surface area (Å²) in [5.41, 5.74) is 2.84. The Bertz CT molecular complexity index is 449. The van der Waals surface area contributed by atoms with Crippen molar-refractivity contribution in [3.63, 3.8) is 0 Å². The summed E-state index contributed by atoms with van der Waals surface area (Å²) in [7, 11) is 0. The summed E-state index contributed by atoms with van der Waals surface area (Å²) >= 11 is 0. The number of nitrogens with zero attached hydrogens (tertiary/aromatic N) is 2. The predicted molar refractivity (Wildman–Crippen MR) is 74.7 cm³/mol. The lowest BCUT2D eigenvalue weighted by molar-refractivity contribution is 0.686. The highest BCUT2D eigenvalue weighted by Crippen LogP contribution is 2.21. The Labute approximate surface area is 109 Å². The SMILES string of the molecule is CC1=CCN(c2cc(CNC3CC3)ccn2)CC1. The molecule has 0 spiro atoms. The normalized spacial score (nSPS) is 19.8. The average molecular weight is 243 g/mol. The largest absolute Gasteiger partial charge is 0.353 e. The molecule has 1 saturated carbocycles. The maximum Gasteiger partial charge on any atom is 0.129 e. The van der Waals surface area contributed by atoms with E-state index < -0.39 is 0 Å². The molecule has 0 unspecified atom stereocenters. The van der Waals surface area contributed by atoms with Crippen LogP contribution in [0.4, 0.5) is 5.82 Å². The van der Waals surface area contributed by atoms with Crippen LogP contribution in [0.3, 0.4) is 0 Å². The molecule has 1 fully saturated rings. The van der Waals surface area contributed by atoms with Gasteiger partial charge in [-0.1, -0.05) is 11.6 Å². The van der Waals surface area contributed by atoms with E-state index in [-0.39, 0.29) is 0 Å². The number of hydrogen-bond donors (Lipinski definition) is 1. The van der Waals surface area contributed by atoms with E-state index in [1.807, 2.05) is 6.20 Å². The minimum atomic E-state index is 0.766. The summed E-state index contributed by atoms with van der Waals surface area (Å²) in [5.74, 6) is 1.12. The molecule has 1 aliphatic heterocycles. The summed E-state index contributed by atoms with van der Waals surface area (Å²) in [4.78, 5) is 6.85. The Morgan fingerprint density at radius 2 is 2.33 bits per heavy atom. The molecule has 3 heteroatoms. The van der Waals surface area contributed by atoms with E-state index in [1.165, 1.54) is 24.0 Å². The van der Waals surface area contributed by atoms with Gasteiger partial charge in [0.25, 0.3) is 0 Å². The van der Waals surface area contributed by atoms with Gasteiger partial charge in [-0.2, -0.15) is 0 Å². The lowest BCUT2D eigenvalue weighted by atomic mass is 10.1. The van der Waals surface area contributed by atoms with E-state index in [0.717, 1.165) is 37.9 Å². The average Bonchev–Trinajstić information content (AvgIpc) is 3.22. The summed E-state index contributed by atoms with van der Waals surface area (Å²) < 4.78 is 0. The molecular weight excluding hydrogens is 222 g/mol. The lowest BCUT2D eigenvalue weighted by Gasteiger charge is -2.26. The van der Waals surface area contributed by atoms with Gasteiger partial charge < -0.3 is 10.2 Å². The van der Waals surface area contributed by atoms with Crippen LogP contribution in [-0.4, -0.2) is 24.1 Å². The third-order valence-corrected chi connectivity index (χ3v) is 3.74. The zero-order chi connectivity index (χ0) is 12.4. The highest BCUT2D eigenvalue weighted by Gasteiger charge is 2.20. The van der Waals surface area contributed by atoms with Gasteiger partial charge >= 0.3 is 0 Å². The first-order valence-corrected chi connectivity index (χ1v) is 6.90. The van der Waals surface area contributed by atoms with Crippen molar-refractivity contribution in [3.8, 4) is 0 Å².